The number of aryl methyl sites for hydroxylation is 1. The number of thiophene rings is 1. The third kappa shape index (κ3) is 3.70. The molecule has 0 bridgehead atoms. The van der Waals surface area contributed by atoms with E-state index in [1.54, 1.807) is 6.20 Å². The number of hydrogen-bond donors (Lipinski definition) is 0. The number of ether oxygens (including phenoxy) is 1. The van der Waals surface area contributed by atoms with Crippen molar-refractivity contribution >= 4 is 50.3 Å². The standard InChI is InChI=1S/C23H17ClN4O2S2/c1-13-9-17(14(2)28(13)23-25-7-8-31-23)19(29)10-30-21-20-18(11-32-22(20)27-12-26-21)15-3-5-16(24)6-4-15/h3-9,11-12H,10H2,1-2H3. The molecule has 0 unspecified atom stereocenters. The van der Waals surface area contributed by atoms with Crippen molar-refractivity contribution in [2.45, 2.75) is 13.8 Å². The maximum absolute atomic E-state index is 13.0. The molecule has 160 valence electrons. The van der Waals surface area contributed by atoms with Gasteiger partial charge in [-0.2, -0.15) is 0 Å². The van der Waals surface area contributed by atoms with Crippen molar-refractivity contribution in [3.63, 3.8) is 0 Å². The van der Waals surface area contributed by atoms with Crippen LogP contribution in [0.4, 0.5) is 0 Å². The molecule has 1 aromatic carbocycles. The fraction of sp³-hybridized carbons (Fsp3) is 0.130. The Morgan fingerprint density at radius 1 is 1.12 bits per heavy atom. The van der Waals surface area contributed by atoms with Gasteiger partial charge in [-0.1, -0.05) is 23.7 Å². The van der Waals surface area contributed by atoms with Gasteiger partial charge in [-0.15, -0.1) is 22.7 Å². The predicted octanol–water partition coefficient (Wildman–Crippen LogP) is 6.14. The first-order valence-electron chi connectivity index (χ1n) is 9.76. The van der Waals surface area contributed by atoms with Gasteiger partial charge in [-0.3, -0.25) is 9.36 Å². The number of ketones is 1. The largest absolute Gasteiger partial charge is 0.469 e. The molecule has 0 radical (unpaired) electrons. The van der Waals surface area contributed by atoms with Crippen molar-refractivity contribution in [3.8, 4) is 22.1 Å². The second kappa shape index (κ2) is 8.46. The number of hydrogen-bond acceptors (Lipinski definition) is 7. The summed E-state index contributed by atoms with van der Waals surface area (Å²) < 4.78 is 7.92. The average Bonchev–Trinajstić information content (AvgIpc) is 3.52. The van der Waals surface area contributed by atoms with Gasteiger partial charge >= 0.3 is 0 Å². The second-order valence-corrected chi connectivity index (χ2v) is 9.33. The Bertz CT molecular complexity index is 1420. The minimum absolute atomic E-state index is 0.115. The minimum Gasteiger partial charge on any atom is -0.469 e. The zero-order valence-corrected chi connectivity index (χ0v) is 19.6. The van der Waals surface area contributed by atoms with Gasteiger partial charge in [-0.25, -0.2) is 15.0 Å². The number of carbonyl (C=O) groups excluding carboxylic acids is 1. The number of fused-ring (bicyclic) bond motifs is 1. The van der Waals surface area contributed by atoms with Crippen LogP contribution < -0.4 is 4.74 Å². The topological polar surface area (TPSA) is 69.9 Å². The SMILES string of the molecule is Cc1cc(C(=O)COc2ncnc3scc(-c4ccc(Cl)cc4)c23)c(C)n1-c1nccs1. The first-order chi connectivity index (χ1) is 15.5. The number of thiazole rings is 1. The normalized spacial score (nSPS) is 11.2. The highest BCUT2D eigenvalue weighted by molar-refractivity contribution is 7.17. The molecule has 4 heterocycles. The number of rotatable bonds is 6. The molecule has 32 heavy (non-hydrogen) atoms. The number of halogens is 1. The lowest BCUT2D eigenvalue weighted by Gasteiger charge is -2.08. The van der Waals surface area contributed by atoms with E-state index in [4.69, 9.17) is 16.3 Å². The summed E-state index contributed by atoms with van der Waals surface area (Å²) in [5, 5.41) is 6.23. The average molecular weight is 481 g/mol. The highest BCUT2D eigenvalue weighted by Crippen LogP contribution is 2.37. The highest BCUT2D eigenvalue weighted by atomic mass is 35.5. The summed E-state index contributed by atoms with van der Waals surface area (Å²) in [7, 11) is 0. The molecule has 4 aromatic heterocycles. The fourth-order valence-corrected chi connectivity index (χ4v) is 5.46. The van der Waals surface area contributed by atoms with Crippen LogP contribution in [0, 0.1) is 13.8 Å². The van der Waals surface area contributed by atoms with Gasteiger partial charge < -0.3 is 4.74 Å². The highest BCUT2D eigenvalue weighted by Gasteiger charge is 2.20. The molecule has 0 aliphatic heterocycles. The Kier molecular flexibility index (Phi) is 5.50. The number of nitrogens with zero attached hydrogens (tertiary/aromatic N) is 4. The maximum Gasteiger partial charge on any atom is 0.226 e. The molecule has 5 rings (SSSR count). The number of Topliss-reactive ketones (excluding diaryl/α,β-unsaturated/α-hetero) is 1. The summed E-state index contributed by atoms with van der Waals surface area (Å²) >= 11 is 9.07. The molecule has 6 nitrogen and oxygen atoms in total. The molecule has 5 aromatic rings. The quantitative estimate of drug-likeness (QED) is 0.273. The van der Waals surface area contributed by atoms with Gasteiger partial charge in [0.25, 0.3) is 0 Å². The van der Waals surface area contributed by atoms with E-state index in [1.807, 2.05) is 59.5 Å². The zero-order chi connectivity index (χ0) is 22.2. The molecular weight excluding hydrogens is 464 g/mol. The van der Waals surface area contributed by atoms with Crippen LogP contribution in [0.2, 0.25) is 5.02 Å². The molecular formula is C23H17ClN4O2S2. The smallest absolute Gasteiger partial charge is 0.226 e. The first kappa shape index (κ1) is 20.8. The lowest BCUT2D eigenvalue weighted by atomic mass is 10.1. The number of carbonyl (C=O) groups is 1. The summed E-state index contributed by atoms with van der Waals surface area (Å²) in [6, 6.07) is 9.44. The van der Waals surface area contributed by atoms with Crippen LogP contribution >= 0.6 is 34.3 Å². The van der Waals surface area contributed by atoms with Crippen molar-refractivity contribution in [1.82, 2.24) is 19.5 Å². The van der Waals surface area contributed by atoms with E-state index in [0.717, 1.165) is 37.9 Å². The minimum atomic E-state index is -0.121. The van der Waals surface area contributed by atoms with Crippen molar-refractivity contribution in [1.29, 1.82) is 0 Å². The Balaban J connectivity index is 1.44. The molecule has 0 atom stereocenters. The van der Waals surface area contributed by atoms with E-state index in [-0.39, 0.29) is 12.4 Å². The van der Waals surface area contributed by atoms with Gasteiger partial charge in [0.2, 0.25) is 11.7 Å². The molecule has 0 saturated carbocycles. The third-order valence-electron chi connectivity index (χ3n) is 5.17. The summed E-state index contributed by atoms with van der Waals surface area (Å²) in [5.74, 6) is 0.277. The zero-order valence-electron chi connectivity index (χ0n) is 17.2. The van der Waals surface area contributed by atoms with E-state index in [2.05, 4.69) is 15.0 Å². The molecule has 0 spiro atoms. The van der Waals surface area contributed by atoms with Crippen molar-refractivity contribution in [2.75, 3.05) is 6.61 Å². The summed E-state index contributed by atoms with van der Waals surface area (Å²) in [5.41, 5.74) is 4.35. The Morgan fingerprint density at radius 2 is 1.94 bits per heavy atom. The number of benzene rings is 1. The van der Waals surface area contributed by atoms with E-state index >= 15 is 0 Å². The molecule has 0 aliphatic rings. The second-order valence-electron chi connectivity index (χ2n) is 7.16. The lowest BCUT2D eigenvalue weighted by molar-refractivity contribution is 0.0918. The van der Waals surface area contributed by atoms with E-state index in [1.165, 1.54) is 29.0 Å². The summed E-state index contributed by atoms with van der Waals surface area (Å²) in [4.78, 5) is 26.9. The summed E-state index contributed by atoms with van der Waals surface area (Å²) in [6.07, 6.45) is 3.21. The maximum atomic E-state index is 13.0. The van der Waals surface area contributed by atoms with Gasteiger partial charge in [0.15, 0.2) is 11.7 Å². The van der Waals surface area contributed by atoms with Crippen molar-refractivity contribution in [2.24, 2.45) is 0 Å². The van der Waals surface area contributed by atoms with Crippen molar-refractivity contribution in [3.05, 3.63) is 75.6 Å². The van der Waals surface area contributed by atoms with Crippen LogP contribution in [0.3, 0.4) is 0 Å². The number of aromatic nitrogens is 4. The lowest BCUT2D eigenvalue weighted by Crippen LogP contribution is -2.13. The van der Waals surface area contributed by atoms with Crippen LogP contribution in [-0.4, -0.2) is 31.9 Å². The van der Waals surface area contributed by atoms with Crippen LogP contribution in [0.1, 0.15) is 21.7 Å². The van der Waals surface area contributed by atoms with Crippen LogP contribution in [0.5, 0.6) is 5.88 Å². The van der Waals surface area contributed by atoms with Crippen LogP contribution in [-0.2, 0) is 0 Å². The van der Waals surface area contributed by atoms with E-state index < -0.39 is 0 Å². The van der Waals surface area contributed by atoms with Gasteiger partial charge in [0.1, 0.15) is 11.2 Å². The summed E-state index contributed by atoms with van der Waals surface area (Å²) in [6.45, 7) is 3.76. The van der Waals surface area contributed by atoms with E-state index in [9.17, 15) is 4.79 Å². The Hall–Kier alpha value is -3.07. The van der Waals surface area contributed by atoms with Gasteiger partial charge in [0.05, 0.1) is 5.39 Å². The predicted molar refractivity (Wildman–Crippen MR) is 129 cm³/mol. The van der Waals surface area contributed by atoms with Gasteiger partial charge in [-0.05, 0) is 37.6 Å². The third-order valence-corrected chi connectivity index (χ3v) is 7.07. The monoisotopic (exact) mass is 480 g/mol. The molecule has 0 amide bonds. The molecule has 0 fully saturated rings. The van der Waals surface area contributed by atoms with E-state index in [0.29, 0.717) is 16.5 Å². The first-order valence-corrected chi connectivity index (χ1v) is 11.9. The molecule has 0 saturated heterocycles. The molecule has 0 N–H and O–H groups in total. The Labute approximate surface area is 197 Å². The Morgan fingerprint density at radius 3 is 2.69 bits per heavy atom. The molecule has 0 aliphatic carbocycles. The van der Waals surface area contributed by atoms with Crippen molar-refractivity contribution < 1.29 is 9.53 Å². The van der Waals surface area contributed by atoms with Crippen LogP contribution in [0.25, 0.3) is 26.5 Å². The molecule has 9 heteroatoms. The van der Waals surface area contributed by atoms with Gasteiger partial charge in [0, 0.05) is 44.5 Å². The fourth-order valence-electron chi connectivity index (χ4n) is 3.68. The van der Waals surface area contributed by atoms with Crippen LogP contribution in [0.15, 0.2) is 53.6 Å².